The first-order valence-corrected chi connectivity index (χ1v) is 10.2. The van der Waals surface area contributed by atoms with E-state index in [-0.39, 0.29) is 17.1 Å². The summed E-state index contributed by atoms with van der Waals surface area (Å²) in [6.45, 7) is 16.7. The largest absolute Gasteiger partial charge is 2.00 e. The summed E-state index contributed by atoms with van der Waals surface area (Å²) in [4.78, 5) is 4.61. The van der Waals surface area contributed by atoms with Gasteiger partial charge in [0.1, 0.15) is 0 Å². The average Bonchev–Trinajstić information content (AvgIpc) is 2.47. The summed E-state index contributed by atoms with van der Waals surface area (Å²) in [5, 5.41) is 0. The predicted octanol–water partition coefficient (Wildman–Crippen LogP) is -8.94. The molecule has 0 aliphatic rings. The standard InChI is InChI=1S/2C6H16N2.2ClHO4.Cu/c2*1-3-8(4-2)6-5-7;2*2-1(3,4)5;/h2*3-7H2,1-2H3;2*(H,2,3,4,5);/q;;;;+2/p-2. The van der Waals surface area contributed by atoms with Crippen LogP contribution >= 0.6 is 0 Å². The third-order valence-electron chi connectivity index (χ3n) is 2.68. The Balaban J connectivity index is -0.0000000807. The van der Waals surface area contributed by atoms with Crippen molar-refractivity contribution in [1.29, 1.82) is 0 Å². The first-order valence-electron chi connectivity index (χ1n) is 7.78. The number of nitrogens with zero attached hydrogens (tertiary/aromatic N) is 2. The van der Waals surface area contributed by atoms with E-state index in [9.17, 15) is 0 Å². The van der Waals surface area contributed by atoms with Crippen molar-refractivity contribution in [2.45, 2.75) is 27.7 Å². The van der Waals surface area contributed by atoms with Crippen LogP contribution < -0.4 is 48.7 Å². The molecule has 0 aliphatic carbocycles. The Bertz CT molecular complexity index is 231. The van der Waals surface area contributed by atoms with Gasteiger partial charge in [0.2, 0.25) is 0 Å². The topological polar surface area (TPSA) is 243 Å². The second-order valence-electron chi connectivity index (χ2n) is 4.39. The van der Waals surface area contributed by atoms with Gasteiger partial charge in [-0.1, -0.05) is 27.7 Å². The number of hydrogen-bond donors (Lipinski definition) is 2. The Labute approximate surface area is 176 Å². The molecule has 0 aliphatic heterocycles. The summed E-state index contributed by atoms with van der Waals surface area (Å²) in [6, 6.07) is 0. The Morgan fingerprint density at radius 2 is 0.704 bits per heavy atom. The molecule has 15 heteroatoms. The van der Waals surface area contributed by atoms with Crippen molar-refractivity contribution in [2.24, 2.45) is 11.5 Å². The van der Waals surface area contributed by atoms with Crippen LogP contribution in [0.3, 0.4) is 0 Å². The quantitative estimate of drug-likeness (QED) is 0.298. The first-order chi connectivity index (χ1) is 11.7. The van der Waals surface area contributed by atoms with Crippen LogP contribution in [0.1, 0.15) is 27.7 Å². The molecule has 0 fully saturated rings. The van der Waals surface area contributed by atoms with Crippen LogP contribution in [0.4, 0.5) is 0 Å². The van der Waals surface area contributed by atoms with Gasteiger partial charge in [0.25, 0.3) is 0 Å². The van der Waals surface area contributed by atoms with Crippen molar-refractivity contribution in [2.75, 3.05) is 52.4 Å². The van der Waals surface area contributed by atoms with Crippen molar-refractivity contribution >= 4 is 0 Å². The summed E-state index contributed by atoms with van der Waals surface area (Å²) in [5.74, 6) is 0. The Hall–Kier alpha value is 0.619. The van der Waals surface area contributed by atoms with Gasteiger partial charge in [-0.05, 0) is 26.2 Å². The minimum absolute atomic E-state index is 0. The van der Waals surface area contributed by atoms with E-state index in [4.69, 9.17) is 48.7 Å². The molecule has 0 aromatic carbocycles. The number of hydrogen-bond acceptors (Lipinski definition) is 12. The molecular formula is C12H32Cl2CuN4O8. The maximum atomic E-state index is 8.49. The molecular weight excluding hydrogens is 463 g/mol. The zero-order chi connectivity index (χ0) is 21.8. The fraction of sp³-hybridized carbons (Fsp3) is 1.00. The molecule has 1 radical (unpaired) electrons. The molecule has 12 nitrogen and oxygen atoms in total. The van der Waals surface area contributed by atoms with Crippen LogP contribution in [0.15, 0.2) is 0 Å². The number of rotatable bonds is 8. The fourth-order valence-electron chi connectivity index (χ4n) is 1.44. The van der Waals surface area contributed by atoms with Crippen LogP contribution in [-0.2, 0) is 17.1 Å². The van der Waals surface area contributed by atoms with Crippen molar-refractivity contribution in [3.05, 3.63) is 0 Å². The monoisotopic (exact) mass is 493 g/mol. The van der Waals surface area contributed by atoms with E-state index in [2.05, 4.69) is 37.5 Å². The van der Waals surface area contributed by atoms with Crippen LogP contribution in [0.2, 0.25) is 0 Å². The van der Waals surface area contributed by atoms with E-state index in [1.807, 2.05) is 0 Å². The van der Waals surface area contributed by atoms with Gasteiger partial charge in [0, 0.05) is 26.2 Å². The molecule has 0 saturated heterocycles. The van der Waals surface area contributed by atoms with Gasteiger partial charge in [0.05, 0.1) is 0 Å². The zero-order valence-corrected chi connectivity index (χ0v) is 18.5. The molecule has 173 valence electrons. The van der Waals surface area contributed by atoms with Gasteiger partial charge < -0.3 is 21.3 Å². The molecule has 0 unspecified atom stereocenters. The molecule has 0 rings (SSSR count). The Morgan fingerprint density at radius 3 is 0.741 bits per heavy atom. The van der Waals surface area contributed by atoms with E-state index in [0.717, 1.165) is 52.4 Å². The third kappa shape index (κ3) is 75.5. The summed E-state index contributed by atoms with van der Waals surface area (Å²) >= 11 is 0. The number of likely N-dealkylation sites (N-methyl/N-ethyl adjacent to an activating group) is 2. The molecule has 0 atom stereocenters. The van der Waals surface area contributed by atoms with Crippen molar-refractivity contribution in [3.8, 4) is 0 Å². The van der Waals surface area contributed by atoms with E-state index >= 15 is 0 Å². The summed E-state index contributed by atoms with van der Waals surface area (Å²) in [7, 11) is -9.89. The molecule has 0 amide bonds. The van der Waals surface area contributed by atoms with E-state index in [1.165, 1.54) is 0 Å². The molecule has 0 bridgehead atoms. The van der Waals surface area contributed by atoms with Gasteiger partial charge in [0.15, 0.2) is 0 Å². The second kappa shape index (κ2) is 24.7. The van der Waals surface area contributed by atoms with Crippen molar-refractivity contribution in [1.82, 2.24) is 9.80 Å². The number of nitrogens with two attached hydrogens (primary N) is 2. The number of halogens is 2. The maximum absolute atomic E-state index is 8.49. The van der Waals surface area contributed by atoms with E-state index in [0.29, 0.717) is 0 Å². The summed E-state index contributed by atoms with van der Waals surface area (Å²) < 4.78 is 67.9. The maximum Gasteiger partial charge on any atom is 2.00 e. The van der Waals surface area contributed by atoms with Crippen LogP contribution in [-0.4, -0.2) is 62.2 Å². The van der Waals surface area contributed by atoms with Crippen LogP contribution in [0.25, 0.3) is 0 Å². The molecule has 0 aromatic heterocycles. The van der Waals surface area contributed by atoms with E-state index < -0.39 is 20.5 Å². The second-order valence-corrected chi connectivity index (χ2v) is 5.90. The Kier molecular flexibility index (Phi) is 34.9. The Morgan fingerprint density at radius 1 is 0.556 bits per heavy atom. The SMILES string of the molecule is CCN(CC)CCN.CCN(CC)CCN.[Cu+2].[O-][Cl+3]([O-])([O-])[O-].[O-][Cl+3]([O-])([O-])[O-]. The summed E-state index contributed by atoms with van der Waals surface area (Å²) in [5.41, 5.74) is 10.7. The smallest absolute Gasteiger partial charge is 0.329 e. The van der Waals surface area contributed by atoms with Gasteiger partial charge in [-0.2, -0.15) is 0 Å². The molecule has 27 heavy (non-hydrogen) atoms. The molecule has 0 spiro atoms. The minimum Gasteiger partial charge on any atom is -0.329 e. The average molecular weight is 495 g/mol. The van der Waals surface area contributed by atoms with Gasteiger partial charge in [-0.3, -0.25) is 0 Å². The van der Waals surface area contributed by atoms with Gasteiger partial charge in [-0.15, -0.1) is 20.5 Å². The zero-order valence-electron chi connectivity index (χ0n) is 16.0. The molecule has 0 heterocycles. The fourth-order valence-corrected chi connectivity index (χ4v) is 1.44. The van der Waals surface area contributed by atoms with Crippen LogP contribution in [0, 0.1) is 20.5 Å². The molecule has 0 saturated carbocycles. The van der Waals surface area contributed by atoms with E-state index in [1.54, 1.807) is 0 Å². The molecule has 4 N–H and O–H groups in total. The first kappa shape index (κ1) is 38.3. The van der Waals surface area contributed by atoms with Crippen molar-refractivity contribution in [3.63, 3.8) is 0 Å². The third-order valence-corrected chi connectivity index (χ3v) is 2.68. The molecule has 0 aromatic rings. The summed E-state index contributed by atoms with van der Waals surface area (Å²) in [6.07, 6.45) is 0. The predicted molar refractivity (Wildman–Crippen MR) is 73.7 cm³/mol. The normalized spacial score (nSPS) is 10.7. The van der Waals surface area contributed by atoms with Crippen molar-refractivity contribution < 1.29 is 74.8 Å². The van der Waals surface area contributed by atoms with Gasteiger partial charge in [-0.25, -0.2) is 37.3 Å². The van der Waals surface area contributed by atoms with Crippen LogP contribution in [0.5, 0.6) is 0 Å². The van der Waals surface area contributed by atoms with Gasteiger partial charge >= 0.3 is 17.1 Å². The minimum atomic E-state index is -4.94.